The maximum absolute atomic E-state index is 13.4. The standard InChI is InChI=1S/C25H25N5O2/c1-25(2,3)18-15-20(30(29-18)19-11-7-8-14-26-19)27-23(31)21-22(16-12-13-16)32-24(28-21)17-9-5-4-6-10-17/h4-11,14-16H,12-13H2,1-3H3,(H,27,31). The van der Waals surface area contributed by atoms with Crippen molar-refractivity contribution in [2.45, 2.75) is 44.9 Å². The molecule has 1 amide bonds. The Bertz CT molecular complexity index is 1250. The average molecular weight is 428 g/mol. The van der Waals surface area contributed by atoms with Crippen molar-refractivity contribution >= 4 is 11.7 Å². The van der Waals surface area contributed by atoms with Gasteiger partial charge in [-0.05, 0) is 37.1 Å². The average Bonchev–Trinajstić information content (AvgIpc) is 3.38. The zero-order valence-corrected chi connectivity index (χ0v) is 18.4. The molecule has 1 N–H and O–H groups in total. The maximum Gasteiger partial charge on any atom is 0.279 e. The second-order valence-corrected chi connectivity index (χ2v) is 9.09. The predicted octanol–water partition coefficient (Wildman–Crippen LogP) is 5.35. The minimum atomic E-state index is -0.310. The number of pyridine rings is 1. The van der Waals surface area contributed by atoms with Gasteiger partial charge in [0.05, 0.1) is 5.69 Å². The van der Waals surface area contributed by atoms with E-state index in [9.17, 15) is 4.79 Å². The minimum Gasteiger partial charge on any atom is -0.440 e. The summed E-state index contributed by atoms with van der Waals surface area (Å²) < 4.78 is 7.71. The summed E-state index contributed by atoms with van der Waals surface area (Å²) in [6.45, 7) is 6.25. The molecule has 3 heterocycles. The molecule has 0 atom stereocenters. The normalized spacial score (nSPS) is 13.8. The highest BCUT2D eigenvalue weighted by molar-refractivity contribution is 6.03. The van der Waals surface area contributed by atoms with Crippen LogP contribution in [0, 0.1) is 0 Å². The molecular formula is C25H25N5O2. The predicted molar refractivity (Wildman–Crippen MR) is 122 cm³/mol. The van der Waals surface area contributed by atoms with Gasteiger partial charge in [0.2, 0.25) is 5.89 Å². The lowest BCUT2D eigenvalue weighted by Crippen LogP contribution is -2.17. The second kappa shape index (κ2) is 7.75. The molecule has 0 bridgehead atoms. The van der Waals surface area contributed by atoms with Crippen LogP contribution >= 0.6 is 0 Å². The van der Waals surface area contributed by atoms with Crippen LogP contribution in [0.2, 0.25) is 0 Å². The molecule has 32 heavy (non-hydrogen) atoms. The first kappa shape index (κ1) is 20.2. The van der Waals surface area contributed by atoms with Gasteiger partial charge in [-0.15, -0.1) is 0 Å². The van der Waals surface area contributed by atoms with Crippen LogP contribution in [0.4, 0.5) is 5.82 Å². The summed E-state index contributed by atoms with van der Waals surface area (Å²) in [5, 5.41) is 7.72. The number of hydrogen-bond donors (Lipinski definition) is 1. The smallest absolute Gasteiger partial charge is 0.279 e. The van der Waals surface area contributed by atoms with E-state index in [2.05, 4.69) is 36.1 Å². The van der Waals surface area contributed by atoms with Crippen LogP contribution in [0.3, 0.4) is 0 Å². The van der Waals surface area contributed by atoms with Crippen molar-refractivity contribution in [3.05, 3.63) is 77.9 Å². The number of nitrogens with zero attached hydrogens (tertiary/aromatic N) is 4. The largest absolute Gasteiger partial charge is 0.440 e. The fourth-order valence-electron chi connectivity index (χ4n) is 3.49. The van der Waals surface area contributed by atoms with Gasteiger partial charge in [-0.25, -0.2) is 9.97 Å². The lowest BCUT2D eigenvalue weighted by molar-refractivity contribution is 0.102. The molecule has 7 nitrogen and oxygen atoms in total. The molecule has 4 aromatic rings. The Labute approximate surface area is 186 Å². The van der Waals surface area contributed by atoms with Crippen LogP contribution in [-0.2, 0) is 5.41 Å². The van der Waals surface area contributed by atoms with E-state index in [0.29, 0.717) is 29.0 Å². The number of oxazole rings is 1. The monoisotopic (exact) mass is 427 g/mol. The van der Waals surface area contributed by atoms with Gasteiger partial charge in [0.25, 0.3) is 5.91 Å². The molecule has 7 heteroatoms. The Morgan fingerprint density at radius 3 is 2.50 bits per heavy atom. The topological polar surface area (TPSA) is 85.8 Å². The fraction of sp³-hybridized carbons (Fsp3) is 0.280. The Balaban J connectivity index is 1.52. The quantitative estimate of drug-likeness (QED) is 0.464. The number of rotatable bonds is 5. The summed E-state index contributed by atoms with van der Waals surface area (Å²) in [5.74, 6) is 2.23. The highest BCUT2D eigenvalue weighted by Gasteiger charge is 2.34. The molecule has 3 aromatic heterocycles. The van der Waals surface area contributed by atoms with Gasteiger partial charge >= 0.3 is 0 Å². The van der Waals surface area contributed by atoms with Crippen molar-refractivity contribution < 1.29 is 9.21 Å². The van der Waals surface area contributed by atoms with E-state index in [-0.39, 0.29) is 17.2 Å². The zero-order valence-electron chi connectivity index (χ0n) is 18.4. The van der Waals surface area contributed by atoms with Gasteiger partial charge in [0.1, 0.15) is 11.6 Å². The summed E-state index contributed by atoms with van der Waals surface area (Å²) >= 11 is 0. The summed E-state index contributed by atoms with van der Waals surface area (Å²) in [6.07, 6.45) is 3.71. The Kier molecular flexibility index (Phi) is 4.89. The van der Waals surface area contributed by atoms with Crippen molar-refractivity contribution in [3.8, 4) is 17.3 Å². The third-order valence-corrected chi connectivity index (χ3v) is 5.42. The molecule has 1 saturated carbocycles. The molecule has 5 rings (SSSR count). The van der Waals surface area contributed by atoms with Crippen LogP contribution in [0.15, 0.2) is 65.2 Å². The van der Waals surface area contributed by atoms with Crippen LogP contribution in [0.5, 0.6) is 0 Å². The van der Waals surface area contributed by atoms with Gasteiger partial charge in [0.15, 0.2) is 11.5 Å². The Morgan fingerprint density at radius 1 is 1.09 bits per heavy atom. The van der Waals surface area contributed by atoms with Crippen molar-refractivity contribution in [1.82, 2.24) is 19.7 Å². The van der Waals surface area contributed by atoms with E-state index in [4.69, 9.17) is 9.52 Å². The van der Waals surface area contributed by atoms with E-state index in [1.807, 2.05) is 54.6 Å². The van der Waals surface area contributed by atoms with Crippen molar-refractivity contribution in [1.29, 1.82) is 0 Å². The molecule has 0 unspecified atom stereocenters. The molecule has 0 radical (unpaired) electrons. The molecule has 0 spiro atoms. The summed E-state index contributed by atoms with van der Waals surface area (Å²) in [4.78, 5) is 22.3. The lowest BCUT2D eigenvalue weighted by Gasteiger charge is -2.13. The number of nitrogens with one attached hydrogen (secondary N) is 1. The third kappa shape index (κ3) is 3.93. The number of anilines is 1. The highest BCUT2D eigenvalue weighted by Crippen LogP contribution is 2.43. The first-order valence-electron chi connectivity index (χ1n) is 10.8. The van der Waals surface area contributed by atoms with Crippen LogP contribution in [-0.4, -0.2) is 25.7 Å². The van der Waals surface area contributed by atoms with Crippen LogP contribution in [0.25, 0.3) is 17.3 Å². The molecule has 1 aromatic carbocycles. The number of aromatic nitrogens is 4. The minimum absolute atomic E-state index is 0.187. The third-order valence-electron chi connectivity index (χ3n) is 5.42. The van der Waals surface area contributed by atoms with Crippen molar-refractivity contribution in [2.24, 2.45) is 0 Å². The number of benzene rings is 1. The number of carbonyl (C=O) groups is 1. The summed E-state index contributed by atoms with van der Waals surface area (Å²) in [6, 6.07) is 17.1. The first-order valence-corrected chi connectivity index (χ1v) is 10.8. The van der Waals surface area contributed by atoms with E-state index in [1.54, 1.807) is 10.9 Å². The molecule has 0 aliphatic heterocycles. The van der Waals surface area contributed by atoms with Crippen molar-refractivity contribution in [2.75, 3.05) is 5.32 Å². The number of hydrogen-bond acceptors (Lipinski definition) is 5. The first-order chi connectivity index (χ1) is 15.4. The van der Waals surface area contributed by atoms with E-state index >= 15 is 0 Å². The Hall–Kier alpha value is -3.74. The number of carbonyl (C=O) groups excluding carboxylic acids is 1. The summed E-state index contributed by atoms with van der Waals surface area (Å²) in [5.41, 5.74) is 1.85. The molecule has 1 aliphatic rings. The second-order valence-electron chi connectivity index (χ2n) is 9.09. The van der Waals surface area contributed by atoms with Crippen molar-refractivity contribution in [3.63, 3.8) is 0 Å². The van der Waals surface area contributed by atoms with E-state index < -0.39 is 0 Å². The van der Waals surface area contributed by atoms with E-state index in [0.717, 1.165) is 24.1 Å². The molecule has 1 fully saturated rings. The highest BCUT2D eigenvalue weighted by atomic mass is 16.4. The summed E-state index contributed by atoms with van der Waals surface area (Å²) in [7, 11) is 0. The fourth-order valence-corrected chi connectivity index (χ4v) is 3.49. The van der Waals surface area contributed by atoms with Gasteiger partial charge in [-0.2, -0.15) is 9.78 Å². The van der Waals surface area contributed by atoms with Crippen LogP contribution < -0.4 is 5.32 Å². The van der Waals surface area contributed by atoms with Gasteiger partial charge < -0.3 is 9.73 Å². The molecule has 162 valence electrons. The molecular weight excluding hydrogens is 402 g/mol. The number of amides is 1. The maximum atomic E-state index is 13.4. The molecule has 1 aliphatic carbocycles. The molecule has 0 saturated heterocycles. The Morgan fingerprint density at radius 2 is 1.84 bits per heavy atom. The van der Waals surface area contributed by atoms with Gasteiger partial charge in [-0.3, -0.25) is 4.79 Å². The van der Waals surface area contributed by atoms with Gasteiger partial charge in [-0.1, -0.05) is 45.0 Å². The van der Waals surface area contributed by atoms with Crippen LogP contribution in [0.1, 0.15) is 61.5 Å². The van der Waals surface area contributed by atoms with Gasteiger partial charge in [0, 0.05) is 29.2 Å². The zero-order chi connectivity index (χ0) is 22.3. The SMILES string of the molecule is CC(C)(C)c1cc(NC(=O)c2nc(-c3ccccc3)oc2C2CC2)n(-c2ccccn2)n1. The van der Waals surface area contributed by atoms with E-state index in [1.165, 1.54) is 0 Å². The lowest BCUT2D eigenvalue weighted by atomic mass is 9.92.